The topological polar surface area (TPSA) is 72.9 Å². The highest BCUT2D eigenvalue weighted by Crippen LogP contribution is 2.51. The molecule has 0 spiro atoms. The molecule has 0 aromatic carbocycles. The summed E-state index contributed by atoms with van der Waals surface area (Å²) in [4.78, 5) is 36.4. The maximum absolute atomic E-state index is 11.9. The summed E-state index contributed by atoms with van der Waals surface area (Å²) in [7, 11) is 1.25. The van der Waals surface area contributed by atoms with Crippen LogP contribution in [0.25, 0.3) is 0 Å². The molecule has 6 nitrogen and oxygen atoms in total. The Morgan fingerprint density at radius 2 is 1.94 bits per heavy atom. The van der Waals surface area contributed by atoms with E-state index >= 15 is 0 Å². The fraction of sp³-hybridized carbons (Fsp3) is 0.750. The Morgan fingerprint density at radius 1 is 1.33 bits per heavy atom. The van der Waals surface area contributed by atoms with Crippen LogP contribution in [0, 0.1) is 11.8 Å². The van der Waals surface area contributed by atoms with Crippen molar-refractivity contribution in [3.8, 4) is 0 Å². The smallest absolute Gasteiger partial charge is 0.417 e. The van der Waals surface area contributed by atoms with Gasteiger partial charge >= 0.3 is 12.1 Å². The molecule has 0 aromatic rings. The molecule has 100 valence electrons. The van der Waals surface area contributed by atoms with Crippen LogP contribution >= 0.6 is 0 Å². The van der Waals surface area contributed by atoms with E-state index in [9.17, 15) is 14.4 Å². The quantitative estimate of drug-likeness (QED) is 0.652. The third-order valence-electron chi connectivity index (χ3n) is 3.11. The lowest BCUT2D eigenvalue weighted by Gasteiger charge is -2.27. The van der Waals surface area contributed by atoms with Gasteiger partial charge < -0.3 is 9.47 Å². The van der Waals surface area contributed by atoms with Crippen molar-refractivity contribution in [1.29, 1.82) is 0 Å². The van der Waals surface area contributed by atoms with Crippen molar-refractivity contribution in [2.45, 2.75) is 38.8 Å². The second-order valence-electron chi connectivity index (χ2n) is 5.66. The Bertz CT molecular complexity index is 411. The number of likely N-dealkylation sites (tertiary alicyclic amines) is 1. The molecular weight excluding hydrogens is 238 g/mol. The predicted octanol–water partition coefficient (Wildman–Crippen LogP) is 0.941. The van der Waals surface area contributed by atoms with Crippen LogP contribution in [0.2, 0.25) is 0 Å². The minimum Gasteiger partial charge on any atom is -0.467 e. The van der Waals surface area contributed by atoms with E-state index < -0.39 is 23.7 Å². The van der Waals surface area contributed by atoms with E-state index in [4.69, 9.17) is 4.74 Å². The molecule has 6 heteroatoms. The fourth-order valence-electron chi connectivity index (χ4n) is 2.27. The lowest BCUT2D eigenvalue weighted by molar-refractivity contribution is -0.150. The van der Waals surface area contributed by atoms with E-state index in [1.54, 1.807) is 20.8 Å². The first-order chi connectivity index (χ1) is 8.26. The number of piperidine rings is 1. The first-order valence-corrected chi connectivity index (χ1v) is 5.90. The Balaban J connectivity index is 2.17. The second kappa shape index (κ2) is 3.96. The maximum Gasteiger partial charge on any atom is 0.417 e. The zero-order valence-electron chi connectivity index (χ0n) is 10.9. The van der Waals surface area contributed by atoms with Crippen molar-refractivity contribution in [2.75, 3.05) is 7.11 Å². The van der Waals surface area contributed by atoms with Crippen LogP contribution in [-0.4, -0.2) is 41.6 Å². The van der Waals surface area contributed by atoms with Crippen LogP contribution in [0.3, 0.4) is 0 Å². The monoisotopic (exact) mass is 255 g/mol. The van der Waals surface area contributed by atoms with Gasteiger partial charge in [-0.1, -0.05) is 0 Å². The highest BCUT2D eigenvalue weighted by molar-refractivity contribution is 6.03. The van der Waals surface area contributed by atoms with E-state index in [0.29, 0.717) is 6.42 Å². The molecule has 0 aromatic heterocycles. The van der Waals surface area contributed by atoms with E-state index in [1.165, 1.54) is 7.11 Å². The Labute approximate surface area is 105 Å². The third kappa shape index (κ3) is 2.07. The largest absolute Gasteiger partial charge is 0.467 e. The van der Waals surface area contributed by atoms with E-state index in [0.717, 1.165) is 4.90 Å². The molecule has 0 bridgehead atoms. The molecule has 2 fully saturated rings. The van der Waals surface area contributed by atoms with Crippen molar-refractivity contribution in [3.63, 3.8) is 0 Å². The van der Waals surface area contributed by atoms with Crippen LogP contribution in [0.4, 0.5) is 4.79 Å². The highest BCUT2D eigenvalue weighted by Gasteiger charge is 2.64. The summed E-state index contributed by atoms with van der Waals surface area (Å²) >= 11 is 0. The summed E-state index contributed by atoms with van der Waals surface area (Å²) in [5, 5.41) is 0. The fourth-order valence-corrected chi connectivity index (χ4v) is 2.27. The van der Waals surface area contributed by atoms with Gasteiger partial charge in [0.1, 0.15) is 11.6 Å². The average Bonchev–Trinajstić information content (AvgIpc) is 2.96. The van der Waals surface area contributed by atoms with Gasteiger partial charge in [-0.05, 0) is 27.2 Å². The number of nitrogens with zero attached hydrogens (tertiary/aromatic N) is 1. The number of rotatable bonds is 1. The van der Waals surface area contributed by atoms with Crippen molar-refractivity contribution in [2.24, 2.45) is 11.8 Å². The van der Waals surface area contributed by atoms with Crippen LogP contribution in [-0.2, 0) is 19.1 Å². The maximum atomic E-state index is 11.9. The number of hydrogen-bond donors (Lipinski definition) is 0. The molecule has 2 rings (SSSR count). The van der Waals surface area contributed by atoms with E-state index in [2.05, 4.69) is 4.74 Å². The van der Waals surface area contributed by atoms with Crippen LogP contribution in [0.1, 0.15) is 27.2 Å². The van der Waals surface area contributed by atoms with Crippen LogP contribution < -0.4 is 0 Å². The Morgan fingerprint density at radius 3 is 2.44 bits per heavy atom. The summed E-state index contributed by atoms with van der Waals surface area (Å²) < 4.78 is 9.79. The number of amides is 2. The minimum absolute atomic E-state index is 0.0996. The van der Waals surface area contributed by atoms with Gasteiger partial charge in [-0.25, -0.2) is 14.5 Å². The Hall–Kier alpha value is -1.59. The standard InChI is InChI=1S/C12H17NO5/c1-12(2,3)18-11(16)13-8(10(15)17-4)6-5-7(6)9(13)14/h6-8H,5H2,1-4H3/t6-,7+,8+/m1/s1. The summed E-state index contributed by atoms with van der Waals surface area (Å²) in [6, 6.07) is -0.817. The molecule has 1 aliphatic carbocycles. The molecule has 18 heavy (non-hydrogen) atoms. The first kappa shape index (κ1) is 12.9. The molecule has 1 aliphatic heterocycles. The van der Waals surface area contributed by atoms with Gasteiger partial charge in [0.05, 0.1) is 7.11 Å². The number of imide groups is 1. The molecule has 2 aliphatic rings. The van der Waals surface area contributed by atoms with Crippen LogP contribution in [0.15, 0.2) is 0 Å². The SMILES string of the molecule is COC(=O)[C@@H]1[C@@H]2C[C@@H]2C(=O)N1C(=O)OC(C)(C)C. The van der Waals surface area contributed by atoms with Crippen molar-refractivity contribution in [1.82, 2.24) is 4.90 Å². The zero-order chi connectivity index (χ0) is 13.7. The molecule has 0 N–H and O–H groups in total. The summed E-state index contributed by atoms with van der Waals surface area (Å²) in [5.74, 6) is -1.21. The lowest BCUT2D eigenvalue weighted by atomic mass is 10.2. The number of esters is 1. The Kier molecular flexibility index (Phi) is 2.83. The molecule has 1 saturated heterocycles. The summed E-state index contributed by atoms with van der Waals surface area (Å²) in [6.07, 6.45) is -0.118. The van der Waals surface area contributed by atoms with Gasteiger partial charge in [-0.2, -0.15) is 0 Å². The van der Waals surface area contributed by atoms with Gasteiger partial charge in [-0.15, -0.1) is 0 Å². The second-order valence-corrected chi connectivity index (χ2v) is 5.66. The number of carbonyl (C=O) groups is 3. The number of methoxy groups -OCH3 is 1. The molecule has 3 atom stereocenters. The summed E-state index contributed by atoms with van der Waals surface area (Å²) in [6.45, 7) is 5.12. The molecule has 0 unspecified atom stereocenters. The van der Waals surface area contributed by atoms with Crippen molar-refractivity contribution >= 4 is 18.0 Å². The van der Waals surface area contributed by atoms with Crippen molar-refractivity contribution in [3.05, 3.63) is 0 Å². The number of ether oxygens (including phenoxy) is 2. The van der Waals surface area contributed by atoms with Gasteiger partial charge in [0, 0.05) is 11.8 Å². The predicted molar refractivity (Wildman–Crippen MR) is 60.5 cm³/mol. The van der Waals surface area contributed by atoms with E-state index in [-0.39, 0.29) is 17.7 Å². The number of fused-ring (bicyclic) bond motifs is 1. The lowest BCUT2D eigenvalue weighted by Crippen LogP contribution is -2.48. The molecule has 2 amide bonds. The van der Waals surface area contributed by atoms with Crippen LogP contribution in [0.5, 0.6) is 0 Å². The normalized spacial score (nSPS) is 29.9. The summed E-state index contributed by atoms with van der Waals surface area (Å²) in [5.41, 5.74) is -0.704. The third-order valence-corrected chi connectivity index (χ3v) is 3.11. The first-order valence-electron chi connectivity index (χ1n) is 5.90. The van der Waals surface area contributed by atoms with Crippen molar-refractivity contribution < 1.29 is 23.9 Å². The molecule has 1 saturated carbocycles. The van der Waals surface area contributed by atoms with Gasteiger partial charge in [0.2, 0.25) is 5.91 Å². The number of hydrogen-bond acceptors (Lipinski definition) is 5. The van der Waals surface area contributed by atoms with Gasteiger partial charge in [0.25, 0.3) is 0 Å². The molecule has 1 heterocycles. The van der Waals surface area contributed by atoms with E-state index in [1.807, 2.05) is 0 Å². The highest BCUT2D eigenvalue weighted by atomic mass is 16.6. The number of carbonyl (C=O) groups excluding carboxylic acids is 3. The van der Waals surface area contributed by atoms with Gasteiger partial charge in [-0.3, -0.25) is 4.79 Å². The zero-order valence-corrected chi connectivity index (χ0v) is 10.9. The minimum atomic E-state index is -0.817. The average molecular weight is 255 g/mol. The van der Waals surface area contributed by atoms with Gasteiger partial charge in [0.15, 0.2) is 0 Å². The molecular formula is C12H17NO5. The molecule has 0 radical (unpaired) electrons.